The lowest BCUT2D eigenvalue weighted by atomic mass is 9.54. The van der Waals surface area contributed by atoms with E-state index in [1.54, 1.807) is 6.42 Å². The molecule has 4 aliphatic rings. The molecular formula is C15H21ClNS-. The summed E-state index contributed by atoms with van der Waals surface area (Å²) in [6, 6.07) is 3.09. The van der Waals surface area contributed by atoms with Gasteiger partial charge in [0.15, 0.2) is 0 Å². The molecule has 3 heteroatoms. The summed E-state index contributed by atoms with van der Waals surface area (Å²) in [5, 5.41) is 8.34. The van der Waals surface area contributed by atoms with Crippen molar-refractivity contribution >= 4 is 11.3 Å². The van der Waals surface area contributed by atoms with E-state index in [0.717, 1.165) is 36.3 Å². The molecule has 1 aromatic rings. The third-order valence-electron chi connectivity index (χ3n) is 5.35. The largest absolute Gasteiger partial charge is 1.00 e. The molecule has 0 spiro atoms. The van der Waals surface area contributed by atoms with Crippen LogP contribution in [0.15, 0.2) is 16.8 Å². The first-order chi connectivity index (χ1) is 8.38. The van der Waals surface area contributed by atoms with Crippen molar-refractivity contribution in [2.75, 3.05) is 0 Å². The molecule has 0 saturated heterocycles. The van der Waals surface area contributed by atoms with Gasteiger partial charge in [-0.25, -0.2) is 0 Å². The third-order valence-corrected chi connectivity index (χ3v) is 6.08. The fourth-order valence-corrected chi connectivity index (χ4v) is 5.56. The van der Waals surface area contributed by atoms with Gasteiger partial charge in [-0.3, -0.25) is 0 Å². The standard InChI is InChI=1S/C15H21NS.ClH/c1-2-17-9-10(1)8-16-15-13-4-11-3-12(6-13)7-14(15)5-11;/h1-2,9,11-16H,3-8H2;1H/p-1. The molecule has 1 aromatic heterocycles. The second kappa shape index (κ2) is 5.15. The van der Waals surface area contributed by atoms with Gasteiger partial charge in [0, 0.05) is 12.6 Å². The van der Waals surface area contributed by atoms with Crippen molar-refractivity contribution in [2.45, 2.75) is 44.7 Å². The van der Waals surface area contributed by atoms with Crippen LogP contribution >= 0.6 is 11.3 Å². The molecule has 0 radical (unpaired) electrons. The molecule has 0 unspecified atom stereocenters. The van der Waals surface area contributed by atoms with Gasteiger partial charge >= 0.3 is 0 Å². The van der Waals surface area contributed by atoms with E-state index in [1.807, 2.05) is 11.3 Å². The summed E-state index contributed by atoms with van der Waals surface area (Å²) in [6.45, 7) is 1.09. The molecule has 4 fully saturated rings. The highest BCUT2D eigenvalue weighted by Crippen LogP contribution is 2.53. The lowest BCUT2D eigenvalue weighted by Crippen LogP contribution is -3.00. The molecule has 100 valence electrons. The highest BCUT2D eigenvalue weighted by molar-refractivity contribution is 7.07. The minimum absolute atomic E-state index is 0. The zero-order valence-corrected chi connectivity index (χ0v) is 12.2. The minimum atomic E-state index is 0. The van der Waals surface area contributed by atoms with E-state index in [-0.39, 0.29) is 12.4 Å². The second-order valence-electron chi connectivity index (χ2n) is 6.47. The molecule has 18 heavy (non-hydrogen) atoms. The van der Waals surface area contributed by atoms with Crippen LogP contribution in [-0.2, 0) is 6.54 Å². The van der Waals surface area contributed by atoms with E-state index >= 15 is 0 Å². The van der Waals surface area contributed by atoms with Gasteiger partial charge in [0.1, 0.15) is 0 Å². The molecule has 0 aromatic carbocycles. The fourth-order valence-electron chi connectivity index (χ4n) is 4.89. The van der Waals surface area contributed by atoms with Crippen molar-refractivity contribution in [3.8, 4) is 0 Å². The Labute approximate surface area is 120 Å². The Bertz CT molecular complexity index is 361. The number of thiophene rings is 1. The maximum absolute atomic E-state index is 3.87. The van der Waals surface area contributed by atoms with Gasteiger partial charge in [0.05, 0.1) is 0 Å². The van der Waals surface area contributed by atoms with Crippen LogP contribution in [0.2, 0.25) is 0 Å². The van der Waals surface area contributed by atoms with E-state index < -0.39 is 0 Å². The number of hydrogen-bond donors (Lipinski definition) is 1. The molecule has 0 atom stereocenters. The quantitative estimate of drug-likeness (QED) is 0.859. The first-order valence-electron chi connectivity index (χ1n) is 7.13. The van der Waals surface area contributed by atoms with Crippen molar-refractivity contribution in [1.29, 1.82) is 0 Å². The molecule has 0 aliphatic heterocycles. The molecular weight excluding hydrogens is 262 g/mol. The first-order valence-corrected chi connectivity index (χ1v) is 8.07. The molecule has 0 amide bonds. The van der Waals surface area contributed by atoms with Crippen LogP contribution in [0, 0.1) is 23.7 Å². The lowest BCUT2D eigenvalue weighted by Gasteiger charge is -2.54. The van der Waals surface area contributed by atoms with Gasteiger partial charge in [-0.1, -0.05) is 0 Å². The topological polar surface area (TPSA) is 12.0 Å². The van der Waals surface area contributed by atoms with Crippen molar-refractivity contribution < 1.29 is 12.4 Å². The zero-order valence-electron chi connectivity index (χ0n) is 10.6. The van der Waals surface area contributed by atoms with E-state index in [4.69, 9.17) is 0 Å². The normalized spacial score (nSPS) is 40.8. The van der Waals surface area contributed by atoms with E-state index in [2.05, 4.69) is 22.1 Å². The van der Waals surface area contributed by atoms with Crippen LogP contribution < -0.4 is 17.7 Å². The summed E-state index contributed by atoms with van der Waals surface area (Å²) >= 11 is 1.81. The molecule has 4 bridgehead atoms. The Kier molecular flexibility index (Phi) is 3.70. The maximum Gasteiger partial charge on any atom is 0.0216 e. The van der Waals surface area contributed by atoms with Crippen LogP contribution in [0.1, 0.15) is 37.7 Å². The average molecular weight is 283 g/mol. The number of nitrogens with one attached hydrogen (secondary N) is 1. The summed E-state index contributed by atoms with van der Waals surface area (Å²) < 4.78 is 0. The fraction of sp³-hybridized carbons (Fsp3) is 0.733. The Hall–Kier alpha value is -0.0500. The van der Waals surface area contributed by atoms with Gasteiger partial charge in [0.25, 0.3) is 0 Å². The second-order valence-corrected chi connectivity index (χ2v) is 7.25. The zero-order chi connectivity index (χ0) is 11.2. The molecule has 4 saturated carbocycles. The number of halogens is 1. The van der Waals surface area contributed by atoms with Crippen molar-refractivity contribution in [3.63, 3.8) is 0 Å². The van der Waals surface area contributed by atoms with Crippen molar-refractivity contribution in [1.82, 2.24) is 5.32 Å². The smallest absolute Gasteiger partial charge is 0.0216 e. The Morgan fingerprint density at radius 2 is 1.72 bits per heavy atom. The van der Waals surface area contributed by atoms with Crippen LogP contribution in [-0.4, -0.2) is 6.04 Å². The predicted molar refractivity (Wildman–Crippen MR) is 72.0 cm³/mol. The molecule has 1 nitrogen and oxygen atoms in total. The Balaban J connectivity index is 0.000001000. The van der Waals surface area contributed by atoms with Gasteiger partial charge in [-0.15, -0.1) is 0 Å². The summed E-state index contributed by atoms with van der Waals surface area (Å²) in [5.74, 6) is 4.20. The Morgan fingerprint density at radius 1 is 1.06 bits per heavy atom. The summed E-state index contributed by atoms with van der Waals surface area (Å²) in [5.41, 5.74) is 1.48. The van der Waals surface area contributed by atoms with E-state index in [0.29, 0.717) is 0 Å². The van der Waals surface area contributed by atoms with Gasteiger partial charge in [-0.2, -0.15) is 11.3 Å². The average Bonchev–Trinajstić information content (AvgIpc) is 2.80. The third kappa shape index (κ3) is 2.23. The molecule has 1 heterocycles. The van der Waals surface area contributed by atoms with Crippen LogP contribution in [0.25, 0.3) is 0 Å². The number of hydrogen-bond acceptors (Lipinski definition) is 2. The van der Waals surface area contributed by atoms with Gasteiger partial charge in [0.2, 0.25) is 0 Å². The molecule has 5 rings (SSSR count). The van der Waals surface area contributed by atoms with E-state index in [1.165, 1.54) is 31.2 Å². The summed E-state index contributed by atoms with van der Waals surface area (Å²) in [6.07, 6.45) is 7.65. The minimum Gasteiger partial charge on any atom is -1.00 e. The maximum atomic E-state index is 3.87. The van der Waals surface area contributed by atoms with Crippen LogP contribution in [0.5, 0.6) is 0 Å². The van der Waals surface area contributed by atoms with Crippen molar-refractivity contribution in [2.24, 2.45) is 23.7 Å². The summed E-state index contributed by atoms with van der Waals surface area (Å²) in [7, 11) is 0. The van der Waals surface area contributed by atoms with Crippen molar-refractivity contribution in [3.05, 3.63) is 22.4 Å². The predicted octanol–water partition coefficient (Wildman–Crippen LogP) is 0.666. The summed E-state index contributed by atoms with van der Waals surface area (Å²) in [4.78, 5) is 0. The first kappa shape index (κ1) is 13.0. The van der Waals surface area contributed by atoms with Crippen LogP contribution in [0.4, 0.5) is 0 Å². The van der Waals surface area contributed by atoms with E-state index in [9.17, 15) is 0 Å². The lowest BCUT2D eigenvalue weighted by molar-refractivity contribution is -0.0142. The molecule has 4 aliphatic carbocycles. The Morgan fingerprint density at radius 3 is 2.28 bits per heavy atom. The van der Waals surface area contributed by atoms with Gasteiger partial charge in [-0.05, 0) is 78.2 Å². The molecule has 1 N–H and O–H groups in total. The van der Waals surface area contributed by atoms with Crippen LogP contribution in [0.3, 0.4) is 0 Å². The number of rotatable bonds is 3. The SMILES string of the molecule is [Cl-].c1cc(CNC2C3CC4CC(C3)CC2C4)cs1. The monoisotopic (exact) mass is 282 g/mol. The highest BCUT2D eigenvalue weighted by Gasteiger charge is 2.47. The van der Waals surface area contributed by atoms with Gasteiger partial charge < -0.3 is 17.7 Å². The highest BCUT2D eigenvalue weighted by atomic mass is 35.5.